The van der Waals surface area contributed by atoms with Crippen molar-refractivity contribution in [3.05, 3.63) is 48.3 Å². The van der Waals surface area contributed by atoms with Crippen LogP contribution in [0.2, 0.25) is 0 Å². The van der Waals surface area contributed by atoms with E-state index in [2.05, 4.69) is 27.4 Å². The van der Waals surface area contributed by atoms with Gasteiger partial charge in [0, 0.05) is 17.7 Å². The first-order chi connectivity index (χ1) is 7.84. The molecule has 1 aromatic heterocycles. The molecule has 2 rings (SSSR count). The number of benzene rings is 1. The van der Waals surface area contributed by atoms with Crippen molar-refractivity contribution in [2.45, 2.75) is 0 Å². The molecule has 1 aromatic carbocycles. The Hall–Kier alpha value is -2.54. The smallest absolute Gasteiger partial charge is 0.300 e. The molecular weight excluding hydrogens is 202 g/mol. The van der Waals surface area contributed by atoms with E-state index in [0.717, 1.165) is 5.56 Å². The minimum Gasteiger partial charge on any atom is -0.312 e. The number of carbonyl (C=O) groups excluding carboxylic acids is 1. The summed E-state index contributed by atoms with van der Waals surface area (Å²) in [5.41, 5.74) is 1.41. The molecule has 78 valence electrons. The van der Waals surface area contributed by atoms with E-state index in [9.17, 15) is 4.79 Å². The number of aromatic nitrogens is 2. The molecule has 0 atom stereocenters. The standard InChI is InChI=1S/C12H9N3O/c16-12(15-11-8-13-14-9-11)7-6-10-4-2-1-3-5-10/h1-5,8-9H,(H,13,14)(H,15,16). The Kier molecular flexibility index (Phi) is 3.00. The van der Waals surface area contributed by atoms with Crippen molar-refractivity contribution in [2.75, 3.05) is 5.32 Å². The van der Waals surface area contributed by atoms with Crippen molar-refractivity contribution in [1.82, 2.24) is 10.2 Å². The summed E-state index contributed by atoms with van der Waals surface area (Å²) in [5, 5.41) is 8.89. The lowest BCUT2D eigenvalue weighted by Gasteiger charge is -1.92. The average molecular weight is 211 g/mol. The maximum Gasteiger partial charge on any atom is 0.300 e. The SMILES string of the molecule is O=C(C#Cc1ccccc1)Nc1cn[nH]c1. The molecule has 2 N–H and O–H groups in total. The molecule has 16 heavy (non-hydrogen) atoms. The van der Waals surface area contributed by atoms with Crippen LogP contribution in [-0.4, -0.2) is 16.1 Å². The Balaban J connectivity index is 2.01. The van der Waals surface area contributed by atoms with Crippen molar-refractivity contribution in [1.29, 1.82) is 0 Å². The van der Waals surface area contributed by atoms with E-state index in [0.29, 0.717) is 5.69 Å². The van der Waals surface area contributed by atoms with Gasteiger partial charge in [0.15, 0.2) is 0 Å². The van der Waals surface area contributed by atoms with Gasteiger partial charge in [0.25, 0.3) is 0 Å². The molecule has 1 amide bonds. The Morgan fingerprint density at radius 2 is 2.12 bits per heavy atom. The van der Waals surface area contributed by atoms with Gasteiger partial charge in [-0.2, -0.15) is 5.10 Å². The molecule has 0 bridgehead atoms. The summed E-state index contributed by atoms with van der Waals surface area (Å²) in [6, 6.07) is 9.34. The Labute approximate surface area is 92.7 Å². The molecular formula is C12H9N3O. The van der Waals surface area contributed by atoms with Crippen molar-refractivity contribution >= 4 is 11.6 Å². The maximum atomic E-state index is 11.4. The number of nitrogens with zero attached hydrogens (tertiary/aromatic N) is 1. The number of amides is 1. The van der Waals surface area contributed by atoms with Crippen LogP contribution in [0.4, 0.5) is 5.69 Å². The fraction of sp³-hybridized carbons (Fsp3) is 0. The second kappa shape index (κ2) is 4.80. The van der Waals surface area contributed by atoms with Gasteiger partial charge >= 0.3 is 5.91 Å². The number of carbonyl (C=O) groups is 1. The monoisotopic (exact) mass is 211 g/mol. The summed E-state index contributed by atoms with van der Waals surface area (Å²) in [6.45, 7) is 0. The van der Waals surface area contributed by atoms with Crippen molar-refractivity contribution < 1.29 is 4.79 Å². The van der Waals surface area contributed by atoms with Gasteiger partial charge in [0.05, 0.1) is 11.9 Å². The molecule has 0 unspecified atom stereocenters. The van der Waals surface area contributed by atoms with Gasteiger partial charge in [-0.1, -0.05) is 24.1 Å². The van der Waals surface area contributed by atoms with Crippen LogP contribution >= 0.6 is 0 Å². The molecule has 0 aliphatic carbocycles. The highest BCUT2D eigenvalue weighted by Crippen LogP contribution is 2.00. The number of nitrogens with one attached hydrogen (secondary N) is 2. The van der Waals surface area contributed by atoms with Crippen LogP contribution in [0.25, 0.3) is 0 Å². The third-order valence-corrected chi connectivity index (χ3v) is 1.85. The summed E-state index contributed by atoms with van der Waals surface area (Å²) >= 11 is 0. The van der Waals surface area contributed by atoms with E-state index in [1.165, 1.54) is 6.20 Å². The number of anilines is 1. The van der Waals surface area contributed by atoms with Crippen molar-refractivity contribution in [3.8, 4) is 11.8 Å². The second-order valence-electron chi connectivity index (χ2n) is 3.06. The Morgan fingerprint density at radius 1 is 1.31 bits per heavy atom. The van der Waals surface area contributed by atoms with E-state index in [1.807, 2.05) is 30.3 Å². The number of hydrogen-bond acceptors (Lipinski definition) is 2. The van der Waals surface area contributed by atoms with E-state index < -0.39 is 0 Å². The molecule has 0 aliphatic heterocycles. The van der Waals surface area contributed by atoms with Crippen LogP contribution in [0.15, 0.2) is 42.7 Å². The minimum atomic E-state index is -0.356. The van der Waals surface area contributed by atoms with E-state index in [-0.39, 0.29) is 5.91 Å². The number of hydrogen-bond donors (Lipinski definition) is 2. The second-order valence-corrected chi connectivity index (χ2v) is 3.06. The zero-order chi connectivity index (χ0) is 11.2. The summed E-state index contributed by atoms with van der Waals surface area (Å²) in [4.78, 5) is 11.4. The van der Waals surface area contributed by atoms with E-state index >= 15 is 0 Å². The van der Waals surface area contributed by atoms with E-state index in [4.69, 9.17) is 0 Å². The highest BCUT2D eigenvalue weighted by molar-refractivity contribution is 6.04. The normalized spacial score (nSPS) is 9.00. The predicted octanol–water partition coefficient (Wildman–Crippen LogP) is 1.40. The van der Waals surface area contributed by atoms with Crippen LogP contribution in [-0.2, 0) is 4.79 Å². The lowest BCUT2D eigenvalue weighted by molar-refractivity contribution is -0.111. The van der Waals surface area contributed by atoms with Crippen molar-refractivity contribution in [3.63, 3.8) is 0 Å². The molecule has 0 saturated carbocycles. The first-order valence-corrected chi connectivity index (χ1v) is 4.71. The molecule has 0 fully saturated rings. The lowest BCUT2D eigenvalue weighted by atomic mass is 10.2. The quantitative estimate of drug-likeness (QED) is 0.700. The van der Waals surface area contributed by atoms with Gasteiger partial charge < -0.3 is 5.32 Å². The third-order valence-electron chi connectivity index (χ3n) is 1.85. The lowest BCUT2D eigenvalue weighted by Crippen LogP contribution is -2.07. The van der Waals surface area contributed by atoms with E-state index in [1.54, 1.807) is 6.20 Å². The molecule has 2 aromatic rings. The topological polar surface area (TPSA) is 57.8 Å². The molecule has 0 radical (unpaired) electrons. The molecule has 0 spiro atoms. The molecule has 0 saturated heterocycles. The van der Waals surface area contributed by atoms with Gasteiger partial charge in [-0.25, -0.2) is 0 Å². The number of H-pyrrole nitrogens is 1. The highest BCUT2D eigenvalue weighted by atomic mass is 16.1. The van der Waals surface area contributed by atoms with Gasteiger partial charge in [0.1, 0.15) is 0 Å². The van der Waals surface area contributed by atoms with Crippen LogP contribution in [0.1, 0.15) is 5.56 Å². The van der Waals surface area contributed by atoms with Crippen LogP contribution in [0.5, 0.6) is 0 Å². The maximum absolute atomic E-state index is 11.4. The fourth-order valence-electron chi connectivity index (χ4n) is 1.13. The van der Waals surface area contributed by atoms with Gasteiger partial charge in [-0.05, 0) is 12.1 Å². The van der Waals surface area contributed by atoms with Gasteiger partial charge in [-0.3, -0.25) is 9.89 Å². The van der Waals surface area contributed by atoms with Crippen LogP contribution in [0, 0.1) is 11.8 Å². The largest absolute Gasteiger partial charge is 0.312 e. The zero-order valence-corrected chi connectivity index (χ0v) is 8.40. The Bertz CT molecular complexity index is 520. The first-order valence-electron chi connectivity index (χ1n) is 4.71. The molecule has 1 heterocycles. The minimum absolute atomic E-state index is 0.356. The Morgan fingerprint density at radius 3 is 2.81 bits per heavy atom. The van der Waals surface area contributed by atoms with Crippen LogP contribution < -0.4 is 5.32 Å². The van der Waals surface area contributed by atoms with Gasteiger partial charge in [0.2, 0.25) is 0 Å². The molecule has 4 nitrogen and oxygen atoms in total. The third kappa shape index (κ3) is 2.72. The summed E-state index contributed by atoms with van der Waals surface area (Å²) in [6.07, 6.45) is 3.10. The molecule has 0 aliphatic rings. The predicted molar refractivity (Wildman–Crippen MR) is 60.5 cm³/mol. The van der Waals surface area contributed by atoms with Gasteiger partial charge in [-0.15, -0.1) is 0 Å². The first kappa shape index (κ1) is 9.99. The summed E-state index contributed by atoms with van der Waals surface area (Å²) in [5.74, 6) is 4.90. The van der Waals surface area contributed by atoms with Crippen LogP contribution in [0.3, 0.4) is 0 Å². The summed E-state index contributed by atoms with van der Waals surface area (Å²) < 4.78 is 0. The molecule has 4 heteroatoms. The van der Waals surface area contributed by atoms with Crippen molar-refractivity contribution in [2.24, 2.45) is 0 Å². The summed E-state index contributed by atoms with van der Waals surface area (Å²) in [7, 11) is 0. The highest BCUT2D eigenvalue weighted by Gasteiger charge is 1.97. The average Bonchev–Trinajstić information content (AvgIpc) is 2.81. The number of rotatable bonds is 1. The fourth-order valence-corrected chi connectivity index (χ4v) is 1.13. The zero-order valence-electron chi connectivity index (χ0n) is 8.40. The number of aromatic amines is 1.